The first kappa shape index (κ1) is 17.1. The summed E-state index contributed by atoms with van der Waals surface area (Å²) in [6.07, 6.45) is 1.95. The second-order valence-electron chi connectivity index (χ2n) is 6.22. The van der Waals surface area contributed by atoms with E-state index in [4.69, 9.17) is 0 Å². The van der Waals surface area contributed by atoms with Crippen LogP contribution in [0.3, 0.4) is 0 Å². The fourth-order valence-electron chi connectivity index (χ4n) is 2.99. The molecule has 0 bridgehead atoms. The highest BCUT2D eigenvalue weighted by Crippen LogP contribution is 2.19. The van der Waals surface area contributed by atoms with E-state index in [1.54, 1.807) is 15.8 Å². The van der Waals surface area contributed by atoms with E-state index in [0.717, 1.165) is 17.3 Å². The number of hydrogen-bond acceptors (Lipinski definition) is 5. The number of aryl methyl sites for hydroxylation is 2. The van der Waals surface area contributed by atoms with Crippen molar-refractivity contribution >= 4 is 11.8 Å². The number of hydrogen-bond donors (Lipinski definition) is 1. The van der Waals surface area contributed by atoms with Gasteiger partial charge in [-0.2, -0.15) is 5.10 Å². The van der Waals surface area contributed by atoms with Crippen LogP contribution in [0.1, 0.15) is 23.8 Å². The van der Waals surface area contributed by atoms with Crippen LogP contribution in [0.4, 0.5) is 0 Å². The largest absolute Gasteiger partial charge is 0.354 e. The normalized spacial score (nSPS) is 17.1. The fraction of sp³-hybridized carbons (Fsp3) is 0.471. The van der Waals surface area contributed by atoms with Gasteiger partial charge in [-0.05, 0) is 26.0 Å². The summed E-state index contributed by atoms with van der Waals surface area (Å²) >= 11 is 0. The van der Waals surface area contributed by atoms with Crippen molar-refractivity contribution in [3.8, 4) is 0 Å². The van der Waals surface area contributed by atoms with Crippen molar-refractivity contribution in [2.75, 3.05) is 13.1 Å². The van der Waals surface area contributed by atoms with Crippen molar-refractivity contribution in [3.63, 3.8) is 0 Å². The predicted molar refractivity (Wildman–Crippen MR) is 90.3 cm³/mol. The third kappa shape index (κ3) is 4.20. The lowest BCUT2D eigenvalue weighted by atomic mass is 10.1. The second-order valence-corrected chi connectivity index (χ2v) is 6.22. The van der Waals surface area contributed by atoms with Crippen LogP contribution in [0.25, 0.3) is 0 Å². The Morgan fingerprint density at radius 1 is 1.36 bits per heavy atom. The second kappa shape index (κ2) is 7.42. The molecule has 3 rings (SSSR count). The summed E-state index contributed by atoms with van der Waals surface area (Å²) < 4.78 is 1.77. The molecule has 1 fully saturated rings. The minimum absolute atomic E-state index is 0.00597. The van der Waals surface area contributed by atoms with Gasteiger partial charge in [0, 0.05) is 25.7 Å². The molecule has 1 atom stereocenters. The third-order valence-corrected chi connectivity index (χ3v) is 4.25. The van der Waals surface area contributed by atoms with Gasteiger partial charge in [0.05, 0.1) is 24.7 Å². The van der Waals surface area contributed by atoms with Crippen molar-refractivity contribution in [2.24, 2.45) is 5.92 Å². The molecule has 0 aliphatic carbocycles. The first-order chi connectivity index (χ1) is 12.0. The van der Waals surface area contributed by atoms with Crippen LogP contribution >= 0.6 is 0 Å². The summed E-state index contributed by atoms with van der Waals surface area (Å²) in [5.41, 5.74) is 0.828. The maximum atomic E-state index is 12.3. The molecule has 1 saturated heterocycles. The van der Waals surface area contributed by atoms with Crippen molar-refractivity contribution in [2.45, 2.75) is 33.4 Å². The summed E-state index contributed by atoms with van der Waals surface area (Å²) in [6, 6.07) is 5.61. The van der Waals surface area contributed by atoms with E-state index >= 15 is 0 Å². The molecule has 2 aromatic heterocycles. The van der Waals surface area contributed by atoms with Crippen LogP contribution in [0.5, 0.6) is 0 Å². The van der Waals surface area contributed by atoms with Crippen LogP contribution in [0, 0.1) is 19.8 Å². The van der Waals surface area contributed by atoms with Gasteiger partial charge in [-0.25, -0.2) is 9.67 Å². The zero-order chi connectivity index (χ0) is 17.8. The van der Waals surface area contributed by atoms with Gasteiger partial charge in [0.25, 0.3) is 0 Å². The van der Waals surface area contributed by atoms with E-state index < -0.39 is 0 Å². The lowest BCUT2D eigenvalue weighted by Gasteiger charge is -2.16. The van der Waals surface area contributed by atoms with Gasteiger partial charge in [0.2, 0.25) is 11.8 Å². The zero-order valence-electron chi connectivity index (χ0n) is 14.5. The Labute approximate surface area is 146 Å². The molecule has 8 heteroatoms. The van der Waals surface area contributed by atoms with Crippen LogP contribution < -0.4 is 5.32 Å². The van der Waals surface area contributed by atoms with Crippen LogP contribution in [-0.4, -0.2) is 49.6 Å². The summed E-state index contributed by atoms with van der Waals surface area (Å²) in [7, 11) is 0. The molecule has 2 aromatic rings. The predicted octanol–water partition coefficient (Wildman–Crippen LogP) is 0.455. The monoisotopic (exact) mass is 342 g/mol. The Balaban J connectivity index is 1.48. The molecule has 8 nitrogen and oxygen atoms in total. The minimum atomic E-state index is -0.310. The molecule has 0 aromatic carbocycles. The van der Waals surface area contributed by atoms with Gasteiger partial charge in [-0.1, -0.05) is 6.07 Å². The van der Waals surface area contributed by atoms with E-state index in [9.17, 15) is 9.59 Å². The molecule has 0 saturated carbocycles. The number of nitrogens with zero attached hydrogens (tertiary/aromatic N) is 5. The van der Waals surface area contributed by atoms with Crippen molar-refractivity contribution < 1.29 is 9.59 Å². The fourth-order valence-corrected chi connectivity index (χ4v) is 2.99. The molecular formula is C17H22N6O2. The van der Waals surface area contributed by atoms with Crippen molar-refractivity contribution in [3.05, 3.63) is 41.7 Å². The number of pyridine rings is 1. The smallest absolute Gasteiger partial charge is 0.225 e. The Morgan fingerprint density at radius 3 is 2.88 bits per heavy atom. The van der Waals surface area contributed by atoms with Crippen LogP contribution in [0.2, 0.25) is 0 Å². The summed E-state index contributed by atoms with van der Waals surface area (Å²) in [6.45, 7) is 5.63. The van der Waals surface area contributed by atoms with E-state index in [0.29, 0.717) is 26.2 Å². The highest BCUT2D eigenvalue weighted by molar-refractivity contribution is 5.89. The number of carbonyl (C=O) groups excluding carboxylic acids is 2. The highest BCUT2D eigenvalue weighted by Gasteiger charge is 2.34. The maximum Gasteiger partial charge on any atom is 0.225 e. The first-order valence-electron chi connectivity index (χ1n) is 8.36. The lowest BCUT2D eigenvalue weighted by molar-refractivity contribution is -0.129. The Morgan fingerprint density at radius 2 is 2.20 bits per heavy atom. The van der Waals surface area contributed by atoms with Gasteiger partial charge in [0.15, 0.2) is 0 Å². The van der Waals surface area contributed by atoms with E-state index in [1.807, 2.05) is 32.0 Å². The lowest BCUT2D eigenvalue weighted by Crippen LogP contribution is -2.35. The topological polar surface area (TPSA) is 93.0 Å². The molecule has 1 aliphatic rings. The molecule has 0 spiro atoms. The Bertz CT molecular complexity index is 758. The molecule has 25 heavy (non-hydrogen) atoms. The zero-order valence-corrected chi connectivity index (χ0v) is 14.5. The van der Waals surface area contributed by atoms with E-state index in [-0.39, 0.29) is 24.2 Å². The van der Waals surface area contributed by atoms with Crippen molar-refractivity contribution in [1.82, 2.24) is 30.0 Å². The summed E-state index contributed by atoms with van der Waals surface area (Å²) in [4.78, 5) is 34.6. The van der Waals surface area contributed by atoms with E-state index in [1.165, 1.54) is 0 Å². The number of likely N-dealkylation sites (tertiary alicyclic amines) is 1. The SMILES string of the molecule is Cc1nc(C)n(CCNC(=O)C2CC(=O)N(Cc3ccccn3)C2)n1. The van der Waals surface area contributed by atoms with E-state index in [2.05, 4.69) is 20.4 Å². The molecule has 132 valence electrons. The maximum absolute atomic E-state index is 12.3. The first-order valence-corrected chi connectivity index (χ1v) is 8.36. The number of rotatable bonds is 6. The van der Waals surface area contributed by atoms with Gasteiger partial charge >= 0.3 is 0 Å². The number of carbonyl (C=O) groups is 2. The van der Waals surface area contributed by atoms with Gasteiger partial charge in [0.1, 0.15) is 11.6 Å². The van der Waals surface area contributed by atoms with Crippen LogP contribution in [-0.2, 0) is 22.7 Å². The van der Waals surface area contributed by atoms with Crippen molar-refractivity contribution in [1.29, 1.82) is 0 Å². The molecule has 1 unspecified atom stereocenters. The quantitative estimate of drug-likeness (QED) is 0.823. The van der Waals surface area contributed by atoms with Gasteiger partial charge in [-0.3, -0.25) is 14.6 Å². The number of nitrogens with one attached hydrogen (secondary N) is 1. The molecule has 3 heterocycles. The Hall–Kier alpha value is -2.77. The van der Waals surface area contributed by atoms with Gasteiger partial charge < -0.3 is 10.2 Å². The standard InChI is InChI=1S/C17H22N6O2/c1-12-20-13(2)23(21-12)8-7-19-17(25)14-9-16(24)22(10-14)11-15-5-3-4-6-18-15/h3-6,14H,7-11H2,1-2H3,(H,19,25). The molecule has 1 aliphatic heterocycles. The average Bonchev–Trinajstić information content (AvgIpc) is 3.11. The van der Waals surface area contributed by atoms with Gasteiger partial charge in [-0.15, -0.1) is 0 Å². The van der Waals surface area contributed by atoms with Crippen LogP contribution in [0.15, 0.2) is 24.4 Å². The minimum Gasteiger partial charge on any atom is -0.354 e. The third-order valence-electron chi connectivity index (χ3n) is 4.25. The summed E-state index contributed by atoms with van der Waals surface area (Å²) in [5.74, 6) is 1.13. The number of amides is 2. The number of aromatic nitrogens is 4. The summed E-state index contributed by atoms with van der Waals surface area (Å²) in [5, 5.41) is 7.15. The molecule has 1 N–H and O–H groups in total. The molecule has 0 radical (unpaired) electrons. The molecule has 2 amide bonds. The highest BCUT2D eigenvalue weighted by atomic mass is 16.2. The average molecular weight is 342 g/mol. The molecular weight excluding hydrogens is 320 g/mol. The Kier molecular flexibility index (Phi) is 5.06.